The van der Waals surface area contributed by atoms with Gasteiger partial charge in [-0.05, 0) is 61.5 Å². The first-order valence-electron chi connectivity index (χ1n) is 7.83. The van der Waals surface area contributed by atoms with Gasteiger partial charge < -0.3 is 10.6 Å². The summed E-state index contributed by atoms with van der Waals surface area (Å²) in [5, 5.41) is 9.75. The van der Waals surface area contributed by atoms with Crippen LogP contribution in [0.15, 0.2) is 60.8 Å². The van der Waals surface area contributed by atoms with Crippen LogP contribution in [0.1, 0.15) is 23.0 Å². The van der Waals surface area contributed by atoms with Crippen molar-refractivity contribution in [2.75, 3.05) is 10.6 Å². The number of carbonyl (C=O) groups is 2. The van der Waals surface area contributed by atoms with E-state index in [1.807, 2.05) is 29.8 Å². The van der Waals surface area contributed by atoms with Crippen LogP contribution in [0.3, 0.4) is 0 Å². The van der Waals surface area contributed by atoms with Crippen molar-refractivity contribution in [3.05, 3.63) is 72.1 Å². The Labute approximate surface area is 145 Å². The normalized spacial score (nSPS) is 10.3. The molecule has 126 valence electrons. The van der Waals surface area contributed by atoms with Gasteiger partial charge in [-0.1, -0.05) is 0 Å². The van der Waals surface area contributed by atoms with Gasteiger partial charge in [-0.2, -0.15) is 5.10 Å². The van der Waals surface area contributed by atoms with Crippen molar-refractivity contribution in [1.82, 2.24) is 9.78 Å². The van der Waals surface area contributed by atoms with Gasteiger partial charge in [0.05, 0.1) is 5.69 Å². The molecule has 0 saturated carbocycles. The van der Waals surface area contributed by atoms with Crippen molar-refractivity contribution >= 4 is 23.2 Å². The zero-order valence-corrected chi connectivity index (χ0v) is 14.0. The number of aromatic nitrogens is 2. The highest BCUT2D eigenvalue weighted by Gasteiger charge is 2.08. The van der Waals surface area contributed by atoms with Crippen LogP contribution in [0.25, 0.3) is 5.69 Å². The quantitative estimate of drug-likeness (QED) is 0.768. The Bertz CT molecular complexity index is 896. The topological polar surface area (TPSA) is 76.0 Å². The molecule has 0 aliphatic heterocycles. The van der Waals surface area contributed by atoms with Crippen molar-refractivity contribution in [2.45, 2.75) is 13.8 Å². The predicted octanol–water partition coefficient (Wildman–Crippen LogP) is 3.39. The van der Waals surface area contributed by atoms with Gasteiger partial charge in [0.15, 0.2) is 0 Å². The first-order chi connectivity index (χ1) is 12.0. The molecule has 0 saturated heterocycles. The minimum absolute atomic E-state index is 0.135. The Morgan fingerprint density at radius 1 is 0.880 bits per heavy atom. The summed E-state index contributed by atoms with van der Waals surface area (Å²) in [5.74, 6) is -0.333. The lowest BCUT2D eigenvalue weighted by Crippen LogP contribution is -2.12. The molecule has 0 aliphatic carbocycles. The molecule has 2 amide bonds. The van der Waals surface area contributed by atoms with E-state index in [1.54, 1.807) is 42.6 Å². The van der Waals surface area contributed by atoms with E-state index < -0.39 is 0 Å². The SMILES string of the molecule is CC(=O)Nc1ccc(NC(=O)c2ccc(-n3nccc3C)cc2)cc1. The van der Waals surface area contributed by atoms with Gasteiger partial charge >= 0.3 is 0 Å². The van der Waals surface area contributed by atoms with Gasteiger partial charge in [-0.15, -0.1) is 0 Å². The van der Waals surface area contributed by atoms with E-state index in [9.17, 15) is 9.59 Å². The molecule has 3 aromatic rings. The number of aryl methyl sites for hydroxylation is 1. The molecule has 1 heterocycles. The average Bonchev–Trinajstić information content (AvgIpc) is 3.02. The maximum atomic E-state index is 12.3. The predicted molar refractivity (Wildman–Crippen MR) is 97.0 cm³/mol. The van der Waals surface area contributed by atoms with E-state index in [4.69, 9.17) is 0 Å². The number of nitrogens with zero attached hydrogens (tertiary/aromatic N) is 2. The Balaban J connectivity index is 1.69. The summed E-state index contributed by atoms with van der Waals surface area (Å²) in [6, 6.07) is 16.1. The van der Waals surface area contributed by atoms with E-state index in [1.165, 1.54) is 6.92 Å². The summed E-state index contributed by atoms with van der Waals surface area (Å²) in [5.41, 5.74) is 3.82. The zero-order chi connectivity index (χ0) is 17.8. The highest BCUT2D eigenvalue weighted by molar-refractivity contribution is 6.04. The fraction of sp³-hybridized carbons (Fsp3) is 0.105. The van der Waals surface area contributed by atoms with Crippen LogP contribution in [0.2, 0.25) is 0 Å². The molecule has 0 radical (unpaired) electrons. The summed E-state index contributed by atoms with van der Waals surface area (Å²) < 4.78 is 1.81. The molecule has 6 nitrogen and oxygen atoms in total. The largest absolute Gasteiger partial charge is 0.326 e. The summed E-state index contributed by atoms with van der Waals surface area (Å²) >= 11 is 0. The lowest BCUT2D eigenvalue weighted by Gasteiger charge is -2.08. The second kappa shape index (κ2) is 7.00. The number of nitrogens with one attached hydrogen (secondary N) is 2. The van der Waals surface area contributed by atoms with E-state index in [-0.39, 0.29) is 11.8 Å². The molecule has 3 rings (SSSR count). The number of hydrogen-bond acceptors (Lipinski definition) is 3. The van der Waals surface area contributed by atoms with Gasteiger partial charge in [0.2, 0.25) is 5.91 Å². The molecule has 0 bridgehead atoms. The number of benzene rings is 2. The lowest BCUT2D eigenvalue weighted by molar-refractivity contribution is -0.114. The summed E-state index contributed by atoms with van der Waals surface area (Å²) in [7, 11) is 0. The van der Waals surface area contributed by atoms with E-state index in [0.29, 0.717) is 16.9 Å². The van der Waals surface area contributed by atoms with Crippen molar-refractivity contribution in [3.63, 3.8) is 0 Å². The molecule has 2 N–H and O–H groups in total. The van der Waals surface area contributed by atoms with Crippen LogP contribution in [0, 0.1) is 6.92 Å². The molecule has 6 heteroatoms. The molecular formula is C19H18N4O2. The second-order valence-electron chi connectivity index (χ2n) is 5.64. The van der Waals surface area contributed by atoms with E-state index >= 15 is 0 Å². The van der Waals surface area contributed by atoms with Gasteiger partial charge in [-0.3, -0.25) is 9.59 Å². The molecule has 1 aromatic heterocycles. The molecular weight excluding hydrogens is 316 g/mol. The molecule has 0 aliphatic rings. The maximum Gasteiger partial charge on any atom is 0.255 e. The summed E-state index contributed by atoms with van der Waals surface area (Å²) in [6.45, 7) is 3.42. The van der Waals surface area contributed by atoms with Gasteiger partial charge in [0, 0.05) is 35.8 Å². The first kappa shape index (κ1) is 16.4. The molecule has 0 fully saturated rings. The molecule has 25 heavy (non-hydrogen) atoms. The Kier molecular flexibility index (Phi) is 4.61. The standard InChI is InChI=1S/C19H18N4O2/c1-13-11-12-20-23(13)18-9-3-15(4-10-18)19(25)22-17-7-5-16(6-8-17)21-14(2)24/h3-12H,1-2H3,(H,21,24)(H,22,25). The fourth-order valence-corrected chi connectivity index (χ4v) is 2.44. The van der Waals surface area contributed by atoms with Crippen LogP contribution >= 0.6 is 0 Å². The zero-order valence-electron chi connectivity index (χ0n) is 14.0. The Morgan fingerprint density at radius 3 is 2.00 bits per heavy atom. The van der Waals surface area contributed by atoms with Crippen molar-refractivity contribution in [2.24, 2.45) is 0 Å². The van der Waals surface area contributed by atoms with Crippen molar-refractivity contribution in [1.29, 1.82) is 0 Å². The third kappa shape index (κ3) is 3.92. The maximum absolute atomic E-state index is 12.3. The smallest absolute Gasteiger partial charge is 0.255 e. The number of hydrogen-bond donors (Lipinski definition) is 2. The van der Waals surface area contributed by atoms with Crippen molar-refractivity contribution in [3.8, 4) is 5.69 Å². The van der Waals surface area contributed by atoms with E-state index in [2.05, 4.69) is 15.7 Å². The summed E-state index contributed by atoms with van der Waals surface area (Å²) in [4.78, 5) is 23.3. The van der Waals surface area contributed by atoms with Gasteiger partial charge in [-0.25, -0.2) is 4.68 Å². The van der Waals surface area contributed by atoms with Crippen LogP contribution in [-0.2, 0) is 4.79 Å². The highest BCUT2D eigenvalue weighted by Crippen LogP contribution is 2.16. The number of anilines is 2. The number of amides is 2. The molecule has 0 unspecified atom stereocenters. The van der Waals surface area contributed by atoms with Crippen LogP contribution < -0.4 is 10.6 Å². The lowest BCUT2D eigenvalue weighted by atomic mass is 10.2. The third-order valence-electron chi connectivity index (χ3n) is 3.67. The van der Waals surface area contributed by atoms with Crippen LogP contribution in [0.5, 0.6) is 0 Å². The first-order valence-corrected chi connectivity index (χ1v) is 7.83. The molecule has 0 spiro atoms. The Morgan fingerprint density at radius 2 is 1.48 bits per heavy atom. The monoisotopic (exact) mass is 334 g/mol. The minimum Gasteiger partial charge on any atom is -0.326 e. The fourth-order valence-electron chi connectivity index (χ4n) is 2.44. The number of rotatable bonds is 4. The van der Waals surface area contributed by atoms with E-state index in [0.717, 1.165) is 11.4 Å². The second-order valence-corrected chi connectivity index (χ2v) is 5.64. The van der Waals surface area contributed by atoms with Crippen molar-refractivity contribution < 1.29 is 9.59 Å². The van der Waals surface area contributed by atoms with Gasteiger partial charge in [0.1, 0.15) is 0 Å². The van der Waals surface area contributed by atoms with Gasteiger partial charge in [0.25, 0.3) is 5.91 Å². The average molecular weight is 334 g/mol. The van der Waals surface area contributed by atoms with Crippen LogP contribution in [-0.4, -0.2) is 21.6 Å². The number of carbonyl (C=O) groups excluding carboxylic acids is 2. The molecule has 2 aromatic carbocycles. The minimum atomic E-state index is -0.198. The van der Waals surface area contributed by atoms with Crippen LogP contribution in [0.4, 0.5) is 11.4 Å². The highest BCUT2D eigenvalue weighted by atomic mass is 16.2. The molecule has 0 atom stereocenters. The Hall–Kier alpha value is -3.41. The third-order valence-corrected chi connectivity index (χ3v) is 3.67. The summed E-state index contributed by atoms with van der Waals surface area (Å²) in [6.07, 6.45) is 1.74.